The Morgan fingerprint density at radius 1 is 1.17 bits per heavy atom. The van der Waals surface area contributed by atoms with Crippen LogP contribution in [-0.2, 0) is 33.4 Å². The van der Waals surface area contributed by atoms with E-state index in [9.17, 15) is 19.2 Å². The van der Waals surface area contributed by atoms with Gasteiger partial charge < -0.3 is 14.2 Å². The predicted molar refractivity (Wildman–Crippen MR) is 76.5 cm³/mol. The molecule has 8 nitrogen and oxygen atoms in total. The maximum atomic E-state index is 12.2. The number of nitrogens with zero attached hydrogens (tertiary/aromatic N) is 1. The molecule has 0 radical (unpaired) electrons. The summed E-state index contributed by atoms with van der Waals surface area (Å²) in [5.41, 5.74) is 0. The summed E-state index contributed by atoms with van der Waals surface area (Å²) in [5.74, 6) is -4.13. The highest BCUT2D eigenvalue weighted by Crippen LogP contribution is 2.41. The molecule has 0 aromatic carbocycles. The monoisotopic (exact) mass is 387 g/mol. The van der Waals surface area contributed by atoms with E-state index >= 15 is 0 Å². The molecule has 0 bridgehead atoms. The van der Waals surface area contributed by atoms with E-state index in [2.05, 4.69) is 0 Å². The van der Waals surface area contributed by atoms with Crippen molar-refractivity contribution < 1.29 is 33.4 Å². The molecule has 2 saturated heterocycles. The molecule has 4 atom stereocenters. The van der Waals surface area contributed by atoms with E-state index < -0.39 is 51.9 Å². The van der Waals surface area contributed by atoms with E-state index in [1.54, 1.807) is 0 Å². The molecule has 2 heterocycles. The lowest BCUT2D eigenvalue weighted by Crippen LogP contribution is -2.73. The van der Waals surface area contributed by atoms with E-state index in [0.29, 0.717) is 4.90 Å². The van der Waals surface area contributed by atoms with Crippen LogP contribution in [0.2, 0.25) is 0 Å². The van der Waals surface area contributed by atoms with Gasteiger partial charge in [-0.3, -0.25) is 24.1 Å². The molecule has 2 aliphatic heterocycles. The summed E-state index contributed by atoms with van der Waals surface area (Å²) in [6, 6.07) is 0. The molecule has 0 unspecified atom stereocenters. The molecule has 2 amide bonds. The van der Waals surface area contributed by atoms with Crippen molar-refractivity contribution in [3.63, 3.8) is 0 Å². The Balaban J connectivity index is 2.21. The minimum Gasteiger partial charge on any atom is -0.457 e. The van der Waals surface area contributed by atoms with Crippen LogP contribution in [0.4, 0.5) is 0 Å². The number of β-lactam (4-membered cyclic amide) rings is 1. The SMILES string of the molecule is CC(=O)O[C@H]1[C@H]2C(=O)N(C(=O)C(Cl)(Cl)Cl)[C@H]2OC[C@@H]1OC(C)=O. The minimum absolute atomic E-state index is 0.185. The summed E-state index contributed by atoms with van der Waals surface area (Å²) in [4.78, 5) is 47.2. The van der Waals surface area contributed by atoms with Crippen LogP contribution < -0.4 is 0 Å². The summed E-state index contributed by atoms with van der Waals surface area (Å²) in [5, 5.41) is 0. The van der Waals surface area contributed by atoms with Gasteiger partial charge in [-0.25, -0.2) is 0 Å². The minimum atomic E-state index is -2.33. The normalized spacial score (nSPS) is 30.1. The topological polar surface area (TPSA) is 99.2 Å². The van der Waals surface area contributed by atoms with Crippen LogP contribution in [0.15, 0.2) is 0 Å². The Morgan fingerprint density at radius 3 is 2.22 bits per heavy atom. The van der Waals surface area contributed by atoms with Crippen LogP contribution in [0.25, 0.3) is 0 Å². The first-order chi connectivity index (χ1) is 10.5. The zero-order valence-electron chi connectivity index (χ0n) is 12.0. The van der Waals surface area contributed by atoms with E-state index in [1.165, 1.54) is 0 Å². The number of ether oxygens (including phenoxy) is 3. The van der Waals surface area contributed by atoms with Gasteiger partial charge in [-0.2, -0.15) is 0 Å². The Morgan fingerprint density at radius 2 is 1.74 bits per heavy atom. The van der Waals surface area contributed by atoms with Gasteiger partial charge in [-0.05, 0) is 0 Å². The maximum Gasteiger partial charge on any atom is 0.303 e. The molecule has 128 valence electrons. The standard InChI is InChI=1S/C12H12Cl3NO7/c1-4(17)22-6-3-21-10-7(8(6)23-5(2)18)9(19)16(10)11(20)12(13,14)15/h6-8,10H,3H2,1-2H3/t6-,7-,8+,10-/m0/s1. The molecule has 0 aromatic rings. The molecule has 2 aliphatic rings. The third-order valence-corrected chi connectivity index (χ3v) is 3.80. The number of carbonyl (C=O) groups is 4. The van der Waals surface area contributed by atoms with Crippen LogP contribution in [0.3, 0.4) is 0 Å². The number of esters is 2. The first-order valence-corrected chi connectivity index (χ1v) is 7.57. The van der Waals surface area contributed by atoms with E-state index in [4.69, 9.17) is 49.0 Å². The Labute approximate surface area is 145 Å². The summed E-state index contributed by atoms with van der Waals surface area (Å²) in [6.45, 7) is 2.12. The molecule has 0 aliphatic carbocycles. The average Bonchev–Trinajstić information content (AvgIpc) is 2.38. The molecule has 0 aromatic heterocycles. The lowest BCUT2D eigenvalue weighted by atomic mass is 9.84. The Kier molecular flexibility index (Phi) is 5.10. The van der Waals surface area contributed by atoms with Crippen molar-refractivity contribution in [2.24, 2.45) is 5.92 Å². The van der Waals surface area contributed by atoms with E-state index in [-0.39, 0.29) is 6.61 Å². The van der Waals surface area contributed by atoms with Gasteiger partial charge in [0.2, 0.25) is 5.91 Å². The fourth-order valence-corrected chi connectivity index (χ4v) is 2.77. The Hall–Kier alpha value is -1.09. The van der Waals surface area contributed by atoms with Gasteiger partial charge in [0.15, 0.2) is 18.4 Å². The number of halogens is 3. The number of hydrogen-bond donors (Lipinski definition) is 0. The van der Waals surface area contributed by atoms with E-state index in [1.807, 2.05) is 0 Å². The van der Waals surface area contributed by atoms with Gasteiger partial charge >= 0.3 is 11.9 Å². The molecule has 2 fully saturated rings. The van der Waals surface area contributed by atoms with Gasteiger partial charge in [0.25, 0.3) is 9.70 Å². The summed E-state index contributed by atoms with van der Waals surface area (Å²) in [6.07, 6.45) is -3.10. The van der Waals surface area contributed by atoms with Crippen molar-refractivity contribution >= 4 is 58.6 Å². The molecule has 0 saturated carbocycles. The fourth-order valence-electron chi connectivity index (χ4n) is 2.49. The number of carbonyl (C=O) groups excluding carboxylic acids is 4. The molecule has 0 N–H and O–H groups in total. The maximum absolute atomic E-state index is 12.2. The fraction of sp³-hybridized carbons (Fsp3) is 0.667. The van der Waals surface area contributed by atoms with Crippen LogP contribution in [-0.4, -0.2) is 57.5 Å². The van der Waals surface area contributed by atoms with Gasteiger partial charge in [0.05, 0.1) is 6.61 Å². The van der Waals surface area contributed by atoms with Gasteiger partial charge in [-0.15, -0.1) is 0 Å². The zero-order chi connectivity index (χ0) is 17.5. The number of hydrogen-bond acceptors (Lipinski definition) is 7. The number of alkyl halides is 3. The Bertz CT molecular complexity index is 561. The van der Waals surface area contributed by atoms with Crippen LogP contribution >= 0.6 is 34.8 Å². The highest BCUT2D eigenvalue weighted by molar-refractivity contribution is 6.76. The smallest absolute Gasteiger partial charge is 0.303 e. The largest absolute Gasteiger partial charge is 0.457 e. The van der Waals surface area contributed by atoms with Crippen LogP contribution in [0, 0.1) is 5.92 Å². The summed E-state index contributed by atoms with van der Waals surface area (Å²) >= 11 is 16.4. The van der Waals surface area contributed by atoms with Gasteiger partial charge in [-0.1, -0.05) is 34.8 Å². The van der Waals surface area contributed by atoms with Gasteiger partial charge in [0, 0.05) is 13.8 Å². The molecule has 0 spiro atoms. The number of amides is 2. The molecular formula is C12H12Cl3NO7. The van der Waals surface area contributed by atoms with Crippen molar-refractivity contribution in [2.45, 2.75) is 36.1 Å². The second-order valence-corrected chi connectivity index (χ2v) is 7.26. The van der Waals surface area contributed by atoms with Crippen LogP contribution in [0.1, 0.15) is 13.8 Å². The summed E-state index contributed by atoms with van der Waals surface area (Å²) in [7, 11) is 0. The first-order valence-electron chi connectivity index (χ1n) is 6.44. The number of imide groups is 1. The van der Waals surface area contributed by atoms with Gasteiger partial charge in [0.1, 0.15) is 5.92 Å². The zero-order valence-corrected chi connectivity index (χ0v) is 14.2. The second-order valence-electron chi connectivity index (χ2n) is 4.98. The number of fused-ring (bicyclic) bond motifs is 1. The predicted octanol–water partition coefficient (Wildman–Crippen LogP) is 0.561. The molecular weight excluding hydrogens is 376 g/mol. The highest BCUT2D eigenvalue weighted by Gasteiger charge is 2.63. The van der Waals surface area contributed by atoms with Crippen molar-refractivity contribution in [3.8, 4) is 0 Å². The summed E-state index contributed by atoms with van der Waals surface area (Å²) < 4.78 is 13.1. The molecule has 23 heavy (non-hydrogen) atoms. The number of rotatable bonds is 2. The molecule has 11 heteroatoms. The highest BCUT2D eigenvalue weighted by atomic mass is 35.6. The van der Waals surface area contributed by atoms with Crippen LogP contribution in [0.5, 0.6) is 0 Å². The average molecular weight is 389 g/mol. The lowest BCUT2D eigenvalue weighted by Gasteiger charge is -2.52. The van der Waals surface area contributed by atoms with Crippen molar-refractivity contribution in [3.05, 3.63) is 0 Å². The van der Waals surface area contributed by atoms with Crippen molar-refractivity contribution in [1.29, 1.82) is 0 Å². The quantitative estimate of drug-likeness (QED) is 0.387. The number of likely N-dealkylation sites (tertiary alicyclic amines) is 1. The molecule has 2 rings (SSSR count). The van der Waals surface area contributed by atoms with Crippen molar-refractivity contribution in [1.82, 2.24) is 4.90 Å². The van der Waals surface area contributed by atoms with E-state index in [0.717, 1.165) is 13.8 Å². The second kappa shape index (κ2) is 6.43. The van der Waals surface area contributed by atoms with Crippen molar-refractivity contribution in [2.75, 3.05) is 6.61 Å². The lowest BCUT2D eigenvalue weighted by molar-refractivity contribution is -0.253. The first kappa shape index (κ1) is 18.3. The third-order valence-electron chi connectivity index (χ3n) is 3.32. The third kappa shape index (κ3) is 3.55.